The summed E-state index contributed by atoms with van der Waals surface area (Å²) < 4.78 is 1.73. The fraction of sp³-hybridized carbons (Fsp3) is 0.750. The number of hydrogen-bond acceptors (Lipinski definition) is 4. The van der Waals surface area contributed by atoms with Crippen LogP contribution in [0.2, 0.25) is 0 Å². The fourth-order valence-corrected chi connectivity index (χ4v) is 2.41. The van der Waals surface area contributed by atoms with E-state index in [9.17, 15) is 10.1 Å². The second-order valence-electron chi connectivity index (χ2n) is 5.30. The van der Waals surface area contributed by atoms with Crippen LogP contribution >= 0.6 is 0 Å². The highest BCUT2D eigenvalue weighted by atomic mass is 16.6. The maximum Gasteiger partial charge on any atom is 0.333 e. The smallest absolute Gasteiger partial charge is 0.333 e. The summed E-state index contributed by atoms with van der Waals surface area (Å²) in [6, 6.07) is 0. The maximum atomic E-state index is 11.2. The van der Waals surface area contributed by atoms with Crippen LogP contribution in [0.3, 0.4) is 0 Å². The molecular weight excluding hydrogens is 232 g/mol. The predicted octanol–water partition coefficient (Wildman–Crippen LogP) is 2.86. The van der Waals surface area contributed by atoms with Gasteiger partial charge in [0.25, 0.3) is 0 Å². The number of hydrogen-bond donors (Lipinski definition) is 1. The third-order valence-electron chi connectivity index (χ3n) is 3.59. The molecule has 1 N–H and O–H groups in total. The Morgan fingerprint density at radius 2 is 2.22 bits per heavy atom. The Morgan fingerprint density at radius 3 is 2.67 bits per heavy atom. The molecule has 1 saturated carbocycles. The lowest BCUT2D eigenvalue weighted by molar-refractivity contribution is -0.384. The van der Waals surface area contributed by atoms with Crippen molar-refractivity contribution < 1.29 is 4.92 Å². The minimum Gasteiger partial charge on any atom is -0.359 e. The number of aromatic nitrogens is 2. The molecule has 18 heavy (non-hydrogen) atoms. The largest absolute Gasteiger partial charge is 0.359 e. The second-order valence-corrected chi connectivity index (χ2v) is 5.30. The van der Waals surface area contributed by atoms with Crippen molar-refractivity contribution in [3.63, 3.8) is 0 Å². The van der Waals surface area contributed by atoms with E-state index in [0.29, 0.717) is 18.1 Å². The van der Waals surface area contributed by atoms with E-state index in [1.165, 1.54) is 6.42 Å². The molecule has 0 aromatic carbocycles. The van der Waals surface area contributed by atoms with E-state index < -0.39 is 0 Å². The topological polar surface area (TPSA) is 73.0 Å². The van der Waals surface area contributed by atoms with Crippen LogP contribution in [-0.4, -0.2) is 20.2 Å². The van der Waals surface area contributed by atoms with Crippen molar-refractivity contribution in [1.29, 1.82) is 0 Å². The first-order valence-electron chi connectivity index (χ1n) is 6.47. The van der Waals surface area contributed by atoms with Gasteiger partial charge in [-0.15, -0.1) is 0 Å². The Balaban J connectivity index is 2.37. The molecule has 0 aliphatic heterocycles. The normalized spacial score (nSPS) is 17.3. The van der Waals surface area contributed by atoms with E-state index in [2.05, 4.69) is 17.3 Å². The van der Waals surface area contributed by atoms with Crippen molar-refractivity contribution >= 4 is 11.5 Å². The molecule has 0 amide bonds. The molecule has 0 spiro atoms. The molecule has 100 valence electrons. The van der Waals surface area contributed by atoms with E-state index in [4.69, 9.17) is 0 Å². The average Bonchev–Trinajstić information content (AvgIpc) is 2.53. The van der Waals surface area contributed by atoms with Gasteiger partial charge in [-0.3, -0.25) is 10.1 Å². The minimum absolute atomic E-state index is 0.0112. The van der Waals surface area contributed by atoms with Gasteiger partial charge in [0.15, 0.2) is 0 Å². The lowest BCUT2D eigenvalue weighted by Gasteiger charge is -2.39. The predicted molar refractivity (Wildman–Crippen MR) is 69.8 cm³/mol. The number of nitrogens with one attached hydrogen (secondary N) is 1. The molecule has 0 radical (unpaired) electrons. The summed E-state index contributed by atoms with van der Waals surface area (Å²) in [5.41, 5.74) is 0.596. The molecule has 6 heteroatoms. The molecule has 1 heterocycles. The van der Waals surface area contributed by atoms with Crippen LogP contribution in [0, 0.1) is 17.0 Å². The molecule has 2 rings (SSSR count). The van der Waals surface area contributed by atoms with E-state index in [1.54, 1.807) is 11.6 Å². The first-order chi connectivity index (χ1) is 8.47. The lowest BCUT2D eigenvalue weighted by Crippen LogP contribution is -2.42. The molecule has 0 unspecified atom stereocenters. The second kappa shape index (κ2) is 4.59. The van der Waals surface area contributed by atoms with Crippen molar-refractivity contribution in [2.24, 2.45) is 0 Å². The summed E-state index contributed by atoms with van der Waals surface area (Å²) in [5, 5.41) is 18.8. The summed E-state index contributed by atoms with van der Waals surface area (Å²) in [4.78, 5) is 10.8. The molecule has 1 aliphatic rings. The zero-order chi connectivity index (χ0) is 13.3. The van der Waals surface area contributed by atoms with Crippen LogP contribution in [0.1, 0.15) is 45.2 Å². The van der Waals surface area contributed by atoms with Crippen LogP contribution in [0.4, 0.5) is 11.5 Å². The van der Waals surface area contributed by atoms with Crippen molar-refractivity contribution in [3.8, 4) is 0 Å². The van der Waals surface area contributed by atoms with E-state index in [0.717, 1.165) is 19.3 Å². The number of aryl methyl sites for hydroxylation is 2. The Bertz CT molecular complexity index is 463. The quantitative estimate of drug-likeness (QED) is 0.646. The van der Waals surface area contributed by atoms with Crippen LogP contribution in [0.5, 0.6) is 0 Å². The number of rotatable bonds is 5. The van der Waals surface area contributed by atoms with Crippen LogP contribution in [0.15, 0.2) is 0 Å². The monoisotopic (exact) mass is 252 g/mol. The highest BCUT2D eigenvalue weighted by Crippen LogP contribution is 2.38. The third kappa shape index (κ3) is 2.19. The molecule has 1 aromatic rings. The third-order valence-corrected chi connectivity index (χ3v) is 3.59. The van der Waals surface area contributed by atoms with Gasteiger partial charge < -0.3 is 5.32 Å². The fourth-order valence-electron chi connectivity index (χ4n) is 2.41. The molecule has 0 bridgehead atoms. The Labute approximate surface area is 107 Å². The van der Waals surface area contributed by atoms with Crippen LogP contribution in [-0.2, 0) is 6.54 Å². The van der Waals surface area contributed by atoms with Crippen molar-refractivity contribution in [1.82, 2.24) is 9.78 Å². The zero-order valence-corrected chi connectivity index (χ0v) is 11.2. The number of nitrogens with zero attached hydrogens (tertiary/aromatic N) is 3. The van der Waals surface area contributed by atoms with Crippen LogP contribution < -0.4 is 5.32 Å². The Morgan fingerprint density at radius 1 is 1.56 bits per heavy atom. The molecular formula is C12H20N4O2. The lowest BCUT2D eigenvalue weighted by atomic mass is 9.78. The maximum absolute atomic E-state index is 11.2. The summed E-state index contributed by atoms with van der Waals surface area (Å²) in [5.74, 6) is 0.571. The molecule has 0 atom stereocenters. The van der Waals surface area contributed by atoms with Crippen molar-refractivity contribution in [2.45, 2.75) is 58.5 Å². The Kier molecular flexibility index (Phi) is 3.28. The van der Waals surface area contributed by atoms with Crippen molar-refractivity contribution in [2.75, 3.05) is 5.32 Å². The van der Waals surface area contributed by atoms with Crippen LogP contribution in [0.25, 0.3) is 0 Å². The SMILES string of the molecule is CCCn1nc(C)c([N+](=O)[O-])c1NC1(C)CCC1. The highest BCUT2D eigenvalue weighted by molar-refractivity contribution is 5.61. The molecule has 1 aromatic heterocycles. The average molecular weight is 252 g/mol. The van der Waals surface area contributed by atoms with Gasteiger partial charge in [-0.2, -0.15) is 5.10 Å². The molecule has 6 nitrogen and oxygen atoms in total. The van der Waals surface area contributed by atoms with Crippen molar-refractivity contribution in [3.05, 3.63) is 15.8 Å². The Hall–Kier alpha value is -1.59. The first-order valence-corrected chi connectivity index (χ1v) is 6.47. The molecule has 0 saturated heterocycles. The minimum atomic E-state index is -0.334. The number of anilines is 1. The first kappa shape index (κ1) is 12.9. The molecule has 1 aliphatic carbocycles. The summed E-state index contributed by atoms with van der Waals surface area (Å²) in [6.45, 7) is 6.54. The zero-order valence-electron chi connectivity index (χ0n) is 11.2. The van der Waals surface area contributed by atoms with Gasteiger partial charge >= 0.3 is 5.69 Å². The van der Waals surface area contributed by atoms with Gasteiger partial charge in [-0.05, 0) is 39.5 Å². The van der Waals surface area contributed by atoms with Gasteiger partial charge in [0.1, 0.15) is 5.69 Å². The summed E-state index contributed by atoms with van der Waals surface area (Å²) >= 11 is 0. The van der Waals surface area contributed by atoms with Gasteiger partial charge in [0.05, 0.1) is 4.92 Å². The summed E-state index contributed by atoms with van der Waals surface area (Å²) in [7, 11) is 0. The molecule has 1 fully saturated rings. The highest BCUT2D eigenvalue weighted by Gasteiger charge is 2.36. The number of nitro groups is 1. The van der Waals surface area contributed by atoms with Gasteiger partial charge in [0.2, 0.25) is 5.82 Å². The van der Waals surface area contributed by atoms with E-state index in [1.807, 2.05) is 6.92 Å². The summed E-state index contributed by atoms with van der Waals surface area (Å²) in [6.07, 6.45) is 4.20. The van der Waals surface area contributed by atoms with Gasteiger partial charge in [-0.1, -0.05) is 6.92 Å². The van der Waals surface area contributed by atoms with Gasteiger partial charge in [-0.25, -0.2) is 4.68 Å². The van der Waals surface area contributed by atoms with Gasteiger partial charge in [0, 0.05) is 12.1 Å². The van der Waals surface area contributed by atoms with E-state index in [-0.39, 0.29) is 16.1 Å². The standard InChI is InChI=1S/C12H20N4O2/c1-4-8-15-11(13-12(3)6-5-7-12)10(16(17)18)9(2)14-15/h13H,4-8H2,1-3H3. The van der Waals surface area contributed by atoms with E-state index >= 15 is 0 Å².